The number of carbonyl (C=O) groups excluding carboxylic acids is 1. The van der Waals surface area contributed by atoms with E-state index in [4.69, 9.17) is 14.2 Å². The van der Waals surface area contributed by atoms with Gasteiger partial charge in [0.2, 0.25) is 0 Å². The number of hydrogen-bond acceptors (Lipinski definition) is 4. The normalized spacial score (nSPS) is 13.6. The fourth-order valence-electron chi connectivity index (χ4n) is 4.30. The third-order valence-electron chi connectivity index (χ3n) is 6.51. The van der Waals surface area contributed by atoms with Crippen LogP contribution in [0.1, 0.15) is 76.0 Å². The zero-order valence-corrected chi connectivity index (χ0v) is 22.1. The average Bonchev–Trinajstić information content (AvgIpc) is 2.91. The Labute approximate surface area is 216 Å². The molecule has 0 spiro atoms. The molecule has 36 heavy (non-hydrogen) atoms. The van der Waals surface area contributed by atoms with Gasteiger partial charge < -0.3 is 14.2 Å². The summed E-state index contributed by atoms with van der Waals surface area (Å²) in [5.41, 5.74) is 4.51. The molecule has 0 saturated carbocycles. The first-order chi connectivity index (χ1) is 17.5. The highest BCUT2D eigenvalue weighted by Gasteiger charge is 2.23. The van der Waals surface area contributed by atoms with Gasteiger partial charge in [-0.2, -0.15) is 0 Å². The first kappa shape index (κ1) is 27.5. The Hall–Kier alpha value is -3.11. The van der Waals surface area contributed by atoms with Crippen LogP contribution >= 0.6 is 0 Å². The SMILES string of the molecule is CCCCCCC(C)c1ccc(-c2ccc(OCC(C)OC(=O)C(OC)c3ccccc3)cc2)cc1. The summed E-state index contributed by atoms with van der Waals surface area (Å²) in [6.45, 7) is 6.66. The van der Waals surface area contributed by atoms with E-state index in [2.05, 4.69) is 50.2 Å². The standard InChI is InChI=1S/C32H40O4/c1-5-6-7-9-12-24(2)26-15-17-27(18-16-26)28-19-21-30(22-20-28)35-23-25(3)36-32(33)31(34-4)29-13-10-8-11-14-29/h8,10-11,13-22,24-25,31H,5-7,9,12,23H2,1-4H3. The summed E-state index contributed by atoms with van der Waals surface area (Å²) in [5, 5.41) is 0. The average molecular weight is 489 g/mol. The van der Waals surface area contributed by atoms with E-state index in [1.165, 1.54) is 50.3 Å². The zero-order chi connectivity index (χ0) is 25.8. The molecule has 3 unspecified atom stereocenters. The maximum absolute atomic E-state index is 12.5. The van der Waals surface area contributed by atoms with Crippen molar-refractivity contribution < 1.29 is 19.0 Å². The second-order valence-electron chi connectivity index (χ2n) is 9.48. The molecular weight excluding hydrogens is 448 g/mol. The summed E-state index contributed by atoms with van der Waals surface area (Å²) in [6, 6.07) is 26.3. The summed E-state index contributed by atoms with van der Waals surface area (Å²) in [5.74, 6) is 0.911. The monoisotopic (exact) mass is 488 g/mol. The van der Waals surface area contributed by atoms with Crippen molar-refractivity contribution in [2.24, 2.45) is 0 Å². The van der Waals surface area contributed by atoms with Crippen LogP contribution in [0.25, 0.3) is 11.1 Å². The molecule has 0 aliphatic rings. The number of hydrogen-bond donors (Lipinski definition) is 0. The van der Waals surface area contributed by atoms with Crippen molar-refractivity contribution in [2.75, 3.05) is 13.7 Å². The van der Waals surface area contributed by atoms with Crippen molar-refractivity contribution >= 4 is 5.97 Å². The summed E-state index contributed by atoms with van der Waals surface area (Å²) >= 11 is 0. The molecule has 3 aromatic carbocycles. The van der Waals surface area contributed by atoms with Crippen LogP contribution < -0.4 is 4.74 Å². The molecule has 4 nitrogen and oxygen atoms in total. The summed E-state index contributed by atoms with van der Waals surface area (Å²) in [4.78, 5) is 12.5. The molecule has 3 aromatic rings. The van der Waals surface area contributed by atoms with E-state index in [0.29, 0.717) is 5.92 Å². The van der Waals surface area contributed by atoms with Crippen LogP contribution in [0.2, 0.25) is 0 Å². The lowest BCUT2D eigenvalue weighted by Crippen LogP contribution is -2.26. The predicted molar refractivity (Wildman–Crippen MR) is 146 cm³/mol. The van der Waals surface area contributed by atoms with Gasteiger partial charge in [-0.25, -0.2) is 4.79 Å². The largest absolute Gasteiger partial charge is 0.490 e. The summed E-state index contributed by atoms with van der Waals surface area (Å²) in [7, 11) is 1.50. The number of unbranched alkanes of at least 4 members (excludes halogenated alkanes) is 3. The Bertz CT molecular complexity index is 1030. The Morgan fingerprint density at radius 1 is 0.778 bits per heavy atom. The quantitative estimate of drug-likeness (QED) is 0.170. The minimum atomic E-state index is -0.747. The van der Waals surface area contributed by atoms with Crippen molar-refractivity contribution in [3.63, 3.8) is 0 Å². The number of benzene rings is 3. The van der Waals surface area contributed by atoms with Gasteiger partial charge in [-0.05, 0) is 53.6 Å². The number of esters is 1. The van der Waals surface area contributed by atoms with Gasteiger partial charge in [0, 0.05) is 7.11 Å². The Balaban J connectivity index is 1.48. The zero-order valence-electron chi connectivity index (χ0n) is 22.1. The van der Waals surface area contributed by atoms with Crippen molar-refractivity contribution in [1.29, 1.82) is 0 Å². The van der Waals surface area contributed by atoms with E-state index < -0.39 is 18.2 Å². The van der Waals surface area contributed by atoms with Gasteiger partial charge in [0.1, 0.15) is 18.5 Å². The van der Waals surface area contributed by atoms with Gasteiger partial charge in [0.05, 0.1) is 0 Å². The molecule has 0 N–H and O–H groups in total. The maximum atomic E-state index is 12.5. The van der Waals surface area contributed by atoms with Crippen molar-refractivity contribution in [3.05, 3.63) is 90.0 Å². The van der Waals surface area contributed by atoms with Gasteiger partial charge >= 0.3 is 5.97 Å². The Morgan fingerprint density at radius 2 is 1.42 bits per heavy atom. The van der Waals surface area contributed by atoms with Crippen molar-refractivity contribution in [1.82, 2.24) is 0 Å². The number of rotatable bonds is 14. The van der Waals surface area contributed by atoms with E-state index in [0.717, 1.165) is 16.9 Å². The molecule has 0 aliphatic carbocycles. The Morgan fingerprint density at radius 3 is 2.03 bits per heavy atom. The second kappa shape index (κ2) is 14.4. The van der Waals surface area contributed by atoms with E-state index in [9.17, 15) is 4.79 Å². The molecule has 3 rings (SSSR count). The van der Waals surface area contributed by atoms with Crippen LogP contribution in [0.3, 0.4) is 0 Å². The lowest BCUT2D eigenvalue weighted by atomic mass is 9.93. The van der Waals surface area contributed by atoms with Crippen LogP contribution in [0, 0.1) is 0 Å². The lowest BCUT2D eigenvalue weighted by molar-refractivity contribution is -0.162. The molecule has 4 heteroatoms. The van der Waals surface area contributed by atoms with Crippen molar-refractivity contribution in [2.45, 2.75) is 71.0 Å². The minimum absolute atomic E-state index is 0.265. The summed E-state index contributed by atoms with van der Waals surface area (Å²) in [6.07, 6.45) is 5.34. The highest BCUT2D eigenvalue weighted by Crippen LogP contribution is 2.27. The van der Waals surface area contributed by atoms with E-state index in [1.807, 2.05) is 49.4 Å². The lowest BCUT2D eigenvalue weighted by Gasteiger charge is -2.19. The second-order valence-corrected chi connectivity index (χ2v) is 9.48. The topological polar surface area (TPSA) is 44.8 Å². The first-order valence-electron chi connectivity index (χ1n) is 13.1. The Kier molecular flexibility index (Phi) is 11.0. The maximum Gasteiger partial charge on any atom is 0.340 e. The third-order valence-corrected chi connectivity index (χ3v) is 6.51. The van der Waals surface area contributed by atoms with Crippen LogP contribution in [0.4, 0.5) is 0 Å². The fourth-order valence-corrected chi connectivity index (χ4v) is 4.30. The molecule has 0 radical (unpaired) electrons. The molecular formula is C32H40O4. The van der Waals surface area contributed by atoms with Gasteiger partial charge in [-0.15, -0.1) is 0 Å². The van der Waals surface area contributed by atoms with Gasteiger partial charge in [0.25, 0.3) is 0 Å². The van der Waals surface area contributed by atoms with Crippen LogP contribution in [0.15, 0.2) is 78.9 Å². The molecule has 0 amide bonds. The molecule has 0 saturated heterocycles. The fraction of sp³-hybridized carbons (Fsp3) is 0.406. The highest BCUT2D eigenvalue weighted by molar-refractivity contribution is 5.76. The van der Waals surface area contributed by atoms with Gasteiger partial charge in [-0.1, -0.05) is 106 Å². The molecule has 192 valence electrons. The molecule has 0 heterocycles. The minimum Gasteiger partial charge on any atom is -0.490 e. The van der Waals surface area contributed by atoms with Gasteiger partial charge in [0.15, 0.2) is 6.10 Å². The summed E-state index contributed by atoms with van der Waals surface area (Å²) < 4.78 is 16.8. The van der Waals surface area contributed by atoms with E-state index in [-0.39, 0.29) is 6.61 Å². The van der Waals surface area contributed by atoms with Crippen LogP contribution in [0.5, 0.6) is 5.75 Å². The molecule has 3 atom stereocenters. The van der Waals surface area contributed by atoms with Gasteiger partial charge in [-0.3, -0.25) is 0 Å². The highest BCUT2D eigenvalue weighted by atomic mass is 16.6. The third kappa shape index (κ3) is 8.23. The molecule has 0 aliphatic heterocycles. The number of methoxy groups -OCH3 is 1. The van der Waals surface area contributed by atoms with Crippen molar-refractivity contribution in [3.8, 4) is 16.9 Å². The molecule has 0 fully saturated rings. The first-order valence-corrected chi connectivity index (χ1v) is 13.1. The van der Waals surface area contributed by atoms with Crippen LogP contribution in [-0.2, 0) is 14.3 Å². The molecule has 0 bridgehead atoms. The van der Waals surface area contributed by atoms with Crippen LogP contribution in [-0.4, -0.2) is 25.8 Å². The van der Waals surface area contributed by atoms with E-state index in [1.54, 1.807) is 0 Å². The molecule has 0 aromatic heterocycles. The predicted octanol–water partition coefficient (Wildman–Crippen LogP) is 8.13. The smallest absolute Gasteiger partial charge is 0.340 e. The number of ether oxygens (including phenoxy) is 3. The number of carbonyl (C=O) groups is 1. The van der Waals surface area contributed by atoms with E-state index >= 15 is 0 Å².